The lowest BCUT2D eigenvalue weighted by molar-refractivity contribution is -0.285. The van der Waals surface area contributed by atoms with Gasteiger partial charge in [-0.05, 0) is 15.4 Å². The standard InChI is InChI=1S/C22H30O6Si/c1-22(2,3)29(15-10-6-4-7-11-15,16-12-8-5-9-13-16)27-14-17-18(23)19(24)20(25)21(26)28-17/h4-13,17-21,23-26H,14H2,1-3H3/t17?,18-,19-,20+,21-/m0/s1. The minimum atomic E-state index is -2.84. The Morgan fingerprint density at radius 3 is 1.72 bits per heavy atom. The molecule has 158 valence electrons. The van der Waals surface area contributed by atoms with Gasteiger partial charge < -0.3 is 29.6 Å². The molecule has 0 saturated carbocycles. The van der Waals surface area contributed by atoms with Gasteiger partial charge in [-0.15, -0.1) is 0 Å². The van der Waals surface area contributed by atoms with E-state index >= 15 is 0 Å². The second-order valence-corrected chi connectivity index (χ2v) is 12.8. The molecular weight excluding hydrogens is 388 g/mol. The summed E-state index contributed by atoms with van der Waals surface area (Å²) in [4.78, 5) is 0. The van der Waals surface area contributed by atoms with Gasteiger partial charge in [0.1, 0.15) is 24.4 Å². The minimum Gasteiger partial charge on any atom is -0.405 e. The van der Waals surface area contributed by atoms with Crippen LogP contribution in [0.1, 0.15) is 20.8 Å². The Labute approximate surface area is 172 Å². The average molecular weight is 419 g/mol. The molecule has 0 radical (unpaired) electrons. The normalized spacial score (nSPS) is 28.3. The first-order valence-corrected chi connectivity index (χ1v) is 11.7. The first kappa shape index (κ1) is 22.1. The van der Waals surface area contributed by atoms with Crippen LogP contribution in [0, 0.1) is 0 Å². The summed E-state index contributed by atoms with van der Waals surface area (Å²) in [7, 11) is -2.84. The monoisotopic (exact) mass is 418 g/mol. The zero-order chi connectivity index (χ0) is 21.2. The molecule has 7 heteroatoms. The molecule has 3 rings (SSSR count). The van der Waals surface area contributed by atoms with Crippen LogP contribution in [-0.2, 0) is 9.16 Å². The van der Waals surface area contributed by atoms with Crippen molar-refractivity contribution in [3.8, 4) is 0 Å². The van der Waals surface area contributed by atoms with Crippen molar-refractivity contribution >= 4 is 18.7 Å². The van der Waals surface area contributed by atoms with Crippen LogP contribution in [-0.4, -0.2) is 66.1 Å². The highest BCUT2D eigenvalue weighted by Crippen LogP contribution is 2.37. The fourth-order valence-electron chi connectivity index (χ4n) is 4.04. The van der Waals surface area contributed by atoms with E-state index in [1.807, 2.05) is 36.4 Å². The number of aliphatic hydroxyl groups excluding tert-OH is 4. The summed E-state index contributed by atoms with van der Waals surface area (Å²) >= 11 is 0. The third-order valence-electron chi connectivity index (χ3n) is 5.57. The number of benzene rings is 2. The van der Waals surface area contributed by atoms with Crippen molar-refractivity contribution in [1.82, 2.24) is 0 Å². The molecule has 4 N–H and O–H groups in total. The summed E-state index contributed by atoms with van der Waals surface area (Å²) in [5.41, 5.74) is 0. The van der Waals surface area contributed by atoms with Gasteiger partial charge in [-0.25, -0.2) is 0 Å². The van der Waals surface area contributed by atoms with Gasteiger partial charge in [0.05, 0.1) is 6.61 Å². The molecule has 2 aromatic rings. The van der Waals surface area contributed by atoms with Crippen molar-refractivity contribution in [1.29, 1.82) is 0 Å². The van der Waals surface area contributed by atoms with Gasteiger partial charge in [-0.1, -0.05) is 81.4 Å². The van der Waals surface area contributed by atoms with E-state index in [2.05, 4.69) is 45.0 Å². The summed E-state index contributed by atoms with van der Waals surface area (Å²) in [5, 5.41) is 41.9. The molecule has 1 fully saturated rings. The molecule has 6 nitrogen and oxygen atoms in total. The van der Waals surface area contributed by atoms with Crippen LogP contribution >= 0.6 is 0 Å². The number of ether oxygens (including phenoxy) is 1. The third-order valence-corrected chi connectivity index (χ3v) is 10.6. The Balaban J connectivity index is 2.00. The molecule has 5 atom stereocenters. The summed E-state index contributed by atoms with van der Waals surface area (Å²) in [6, 6.07) is 20.0. The van der Waals surface area contributed by atoms with Crippen molar-refractivity contribution in [3.05, 3.63) is 60.7 Å². The van der Waals surface area contributed by atoms with Crippen LogP contribution in [0.15, 0.2) is 60.7 Å². The Bertz CT molecular complexity index is 739. The fraction of sp³-hybridized carbons (Fsp3) is 0.455. The van der Waals surface area contributed by atoms with E-state index in [4.69, 9.17) is 9.16 Å². The van der Waals surface area contributed by atoms with E-state index in [1.165, 1.54) is 0 Å². The van der Waals surface area contributed by atoms with Gasteiger partial charge in [-0.2, -0.15) is 0 Å². The predicted octanol–water partition coefficient (Wildman–Crippen LogP) is 0.363. The van der Waals surface area contributed by atoms with Crippen molar-refractivity contribution in [2.75, 3.05) is 6.61 Å². The highest BCUT2D eigenvalue weighted by Gasteiger charge is 2.52. The van der Waals surface area contributed by atoms with Crippen LogP contribution in [0.2, 0.25) is 5.04 Å². The van der Waals surface area contributed by atoms with E-state index in [9.17, 15) is 20.4 Å². The molecule has 2 aromatic carbocycles. The second kappa shape index (κ2) is 8.65. The van der Waals surface area contributed by atoms with Crippen LogP contribution in [0.3, 0.4) is 0 Å². The highest BCUT2D eigenvalue weighted by atomic mass is 28.4. The summed E-state index contributed by atoms with van der Waals surface area (Å²) in [5.74, 6) is 0. The quantitative estimate of drug-likeness (QED) is 0.524. The number of aliphatic hydroxyl groups is 4. The smallest absolute Gasteiger partial charge is 0.261 e. The number of hydrogen-bond acceptors (Lipinski definition) is 6. The van der Waals surface area contributed by atoms with Crippen LogP contribution in [0.25, 0.3) is 0 Å². The lowest BCUT2D eigenvalue weighted by Gasteiger charge is -2.45. The molecule has 0 aromatic heterocycles. The predicted molar refractivity (Wildman–Crippen MR) is 112 cm³/mol. The first-order valence-electron chi connectivity index (χ1n) is 9.81. The van der Waals surface area contributed by atoms with E-state index in [-0.39, 0.29) is 11.6 Å². The van der Waals surface area contributed by atoms with Gasteiger partial charge in [-0.3, -0.25) is 0 Å². The molecule has 1 aliphatic heterocycles. The fourth-order valence-corrected chi connectivity index (χ4v) is 8.61. The van der Waals surface area contributed by atoms with Crippen LogP contribution in [0.4, 0.5) is 0 Å². The first-order chi connectivity index (χ1) is 13.7. The van der Waals surface area contributed by atoms with Gasteiger partial charge in [0.2, 0.25) is 0 Å². The topological polar surface area (TPSA) is 99.4 Å². The Kier molecular flexibility index (Phi) is 6.60. The third kappa shape index (κ3) is 4.18. The van der Waals surface area contributed by atoms with Crippen LogP contribution in [0.5, 0.6) is 0 Å². The van der Waals surface area contributed by atoms with Crippen molar-refractivity contribution in [3.63, 3.8) is 0 Å². The SMILES string of the molecule is CC(C)(C)[Si](OCC1O[C@H](O)[C@H](O)[C@@H](O)[C@H]1O)(c1ccccc1)c1ccccc1. The molecule has 0 amide bonds. The zero-order valence-electron chi connectivity index (χ0n) is 17.0. The maximum Gasteiger partial charge on any atom is 0.261 e. The molecular formula is C22H30O6Si. The van der Waals surface area contributed by atoms with Crippen molar-refractivity contribution in [2.45, 2.75) is 56.5 Å². The Morgan fingerprint density at radius 1 is 0.793 bits per heavy atom. The largest absolute Gasteiger partial charge is 0.405 e. The van der Waals surface area contributed by atoms with E-state index < -0.39 is 39.0 Å². The van der Waals surface area contributed by atoms with Crippen LogP contribution < -0.4 is 10.4 Å². The van der Waals surface area contributed by atoms with E-state index in [1.54, 1.807) is 0 Å². The van der Waals surface area contributed by atoms with E-state index in [0.29, 0.717) is 0 Å². The maximum absolute atomic E-state index is 10.4. The summed E-state index contributed by atoms with van der Waals surface area (Å²) in [6.07, 6.45) is -6.99. The zero-order valence-corrected chi connectivity index (χ0v) is 18.0. The average Bonchev–Trinajstić information content (AvgIpc) is 2.71. The minimum absolute atomic E-state index is 0.0325. The van der Waals surface area contributed by atoms with Gasteiger partial charge in [0, 0.05) is 0 Å². The Hall–Kier alpha value is -1.58. The van der Waals surface area contributed by atoms with Gasteiger partial charge >= 0.3 is 0 Å². The van der Waals surface area contributed by atoms with Gasteiger partial charge in [0.15, 0.2) is 6.29 Å². The molecule has 1 unspecified atom stereocenters. The van der Waals surface area contributed by atoms with Gasteiger partial charge in [0.25, 0.3) is 8.32 Å². The molecule has 29 heavy (non-hydrogen) atoms. The van der Waals surface area contributed by atoms with Crippen molar-refractivity contribution in [2.24, 2.45) is 0 Å². The van der Waals surface area contributed by atoms with Crippen molar-refractivity contribution < 1.29 is 29.6 Å². The lowest BCUT2D eigenvalue weighted by atomic mass is 10.00. The Morgan fingerprint density at radius 2 is 1.28 bits per heavy atom. The molecule has 0 spiro atoms. The summed E-state index contributed by atoms with van der Waals surface area (Å²) < 4.78 is 12.0. The molecule has 1 aliphatic rings. The summed E-state index contributed by atoms with van der Waals surface area (Å²) in [6.45, 7) is 6.36. The molecule has 0 bridgehead atoms. The molecule has 0 aliphatic carbocycles. The van der Waals surface area contributed by atoms with E-state index in [0.717, 1.165) is 10.4 Å². The second-order valence-electron chi connectivity index (χ2n) is 8.51. The molecule has 1 saturated heterocycles. The molecule has 1 heterocycles. The maximum atomic E-state index is 10.4. The lowest BCUT2D eigenvalue weighted by Crippen LogP contribution is -2.68. The highest BCUT2D eigenvalue weighted by molar-refractivity contribution is 6.99. The number of rotatable bonds is 5. The number of hydrogen-bond donors (Lipinski definition) is 4.